The van der Waals surface area contributed by atoms with Crippen LogP contribution in [0.4, 0.5) is 4.79 Å². The van der Waals surface area contributed by atoms with Gasteiger partial charge in [-0.25, -0.2) is 4.79 Å². The fraction of sp³-hybridized carbons (Fsp3) is 0.533. The number of aliphatic hydroxyl groups is 1. The van der Waals surface area contributed by atoms with E-state index in [4.69, 9.17) is 21.4 Å². The summed E-state index contributed by atoms with van der Waals surface area (Å²) in [4.78, 5) is 13.6. The van der Waals surface area contributed by atoms with Crippen LogP contribution in [0, 0.1) is 0 Å². The van der Waals surface area contributed by atoms with Crippen LogP contribution in [-0.4, -0.2) is 47.9 Å². The van der Waals surface area contributed by atoms with Gasteiger partial charge < -0.3 is 20.1 Å². The first kappa shape index (κ1) is 15.9. The summed E-state index contributed by atoms with van der Waals surface area (Å²) in [7, 11) is 0. The van der Waals surface area contributed by atoms with Crippen molar-refractivity contribution in [1.29, 1.82) is 0 Å². The number of halogens is 1. The van der Waals surface area contributed by atoms with Crippen molar-refractivity contribution in [1.82, 2.24) is 10.2 Å². The first-order valence-corrected chi connectivity index (χ1v) is 7.55. The van der Waals surface area contributed by atoms with E-state index >= 15 is 0 Å². The fourth-order valence-electron chi connectivity index (χ4n) is 2.17. The molecule has 1 aromatic carbocycles. The van der Waals surface area contributed by atoms with E-state index in [9.17, 15) is 4.79 Å². The van der Waals surface area contributed by atoms with Gasteiger partial charge in [0.15, 0.2) is 0 Å². The maximum Gasteiger partial charge on any atom is 0.317 e. The van der Waals surface area contributed by atoms with Crippen LogP contribution in [0.2, 0.25) is 5.02 Å². The molecule has 1 aliphatic rings. The van der Waals surface area contributed by atoms with Gasteiger partial charge in [0, 0.05) is 12.6 Å². The zero-order valence-electron chi connectivity index (χ0n) is 12.1. The van der Waals surface area contributed by atoms with Crippen molar-refractivity contribution < 1.29 is 14.6 Å². The Hall–Kier alpha value is -1.46. The van der Waals surface area contributed by atoms with Crippen LogP contribution >= 0.6 is 11.6 Å². The number of carbonyl (C=O) groups is 1. The van der Waals surface area contributed by atoms with Crippen molar-refractivity contribution >= 4 is 17.6 Å². The van der Waals surface area contributed by atoms with Gasteiger partial charge in [-0.15, -0.1) is 0 Å². The van der Waals surface area contributed by atoms with E-state index in [-0.39, 0.29) is 24.8 Å². The number of nitrogens with one attached hydrogen (secondary N) is 1. The van der Waals surface area contributed by atoms with Crippen molar-refractivity contribution in [2.45, 2.75) is 31.9 Å². The normalized spacial score (nSPS) is 16.2. The quantitative estimate of drug-likeness (QED) is 0.847. The predicted octanol–water partition coefficient (Wildman–Crippen LogP) is 2.27. The van der Waals surface area contributed by atoms with Crippen LogP contribution in [0.25, 0.3) is 0 Å². The number of nitrogens with zero attached hydrogens (tertiary/aromatic N) is 1. The molecule has 0 aliphatic carbocycles. The third-order valence-electron chi connectivity index (χ3n) is 3.43. The molecule has 1 aliphatic heterocycles. The predicted molar refractivity (Wildman–Crippen MR) is 81.8 cm³/mol. The van der Waals surface area contributed by atoms with E-state index in [1.165, 1.54) is 0 Å². The highest BCUT2D eigenvalue weighted by atomic mass is 35.5. The molecule has 116 valence electrons. The van der Waals surface area contributed by atoms with E-state index in [0.717, 1.165) is 6.42 Å². The summed E-state index contributed by atoms with van der Waals surface area (Å²) in [6.45, 7) is 3.20. The van der Waals surface area contributed by atoms with Gasteiger partial charge in [0.2, 0.25) is 0 Å². The molecule has 2 N–H and O–H groups in total. The molecule has 1 aromatic rings. The Kier molecular flexibility index (Phi) is 5.70. The Morgan fingerprint density at radius 2 is 2.24 bits per heavy atom. The maximum absolute atomic E-state index is 11.9. The van der Waals surface area contributed by atoms with Gasteiger partial charge in [-0.05, 0) is 31.9 Å². The zero-order chi connectivity index (χ0) is 15.2. The summed E-state index contributed by atoms with van der Waals surface area (Å²) >= 11 is 6.03. The monoisotopic (exact) mass is 312 g/mol. The lowest BCUT2D eigenvalue weighted by molar-refractivity contribution is 0.0435. The number of likely N-dealkylation sites (tertiary alicyclic amines) is 1. The van der Waals surface area contributed by atoms with Gasteiger partial charge in [0.25, 0.3) is 0 Å². The molecular weight excluding hydrogens is 292 g/mol. The first-order chi connectivity index (χ1) is 10.1. The standard InChI is InChI=1S/C15H21ClN2O3/c1-11(5-4-8-19)17-15(20)18-9-12(10-18)21-14-7-3-2-6-13(14)16/h2-3,6-7,11-12,19H,4-5,8-10H2,1H3,(H,17,20). The number of rotatable bonds is 6. The highest BCUT2D eigenvalue weighted by Crippen LogP contribution is 2.26. The van der Waals surface area contributed by atoms with E-state index in [2.05, 4.69) is 5.32 Å². The third kappa shape index (κ3) is 4.51. The van der Waals surface area contributed by atoms with Crippen LogP contribution < -0.4 is 10.1 Å². The second-order valence-electron chi connectivity index (χ2n) is 5.29. The van der Waals surface area contributed by atoms with Crippen LogP contribution in [0.3, 0.4) is 0 Å². The Morgan fingerprint density at radius 3 is 2.90 bits per heavy atom. The second-order valence-corrected chi connectivity index (χ2v) is 5.70. The lowest BCUT2D eigenvalue weighted by Gasteiger charge is -2.39. The third-order valence-corrected chi connectivity index (χ3v) is 3.74. The van der Waals surface area contributed by atoms with Gasteiger partial charge in [-0.1, -0.05) is 23.7 Å². The van der Waals surface area contributed by atoms with Gasteiger partial charge in [-0.2, -0.15) is 0 Å². The minimum absolute atomic E-state index is 0.0107. The highest BCUT2D eigenvalue weighted by Gasteiger charge is 2.33. The average Bonchev–Trinajstić information content (AvgIpc) is 2.41. The molecule has 2 rings (SSSR count). The molecule has 6 heteroatoms. The largest absolute Gasteiger partial charge is 0.485 e. The molecule has 0 saturated carbocycles. The summed E-state index contributed by atoms with van der Waals surface area (Å²) < 4.78 is 5.74. The Labute approximate surface area is 129 Å². The van der Waals surface area contributed by atoms with Crippen molar-refractivity contribution in [3.05, 3.63) is 29.3 Å². The lowest BCUT2D eigenvalue weighted by Crippen LogP contribution is -2.59. The fourth-order valence-corrected chi connectivity index (χ4v) is 2.35. The van der Waals surface area contributed by atoms with Crippen molar-refractivity contribution in [2.24, 2.45) is 0 Å². The van der Waals surface area contributed by atoms with E-state index < -0.39 is 0 Å². The van der Waals surface area contributed by atoms with Gasteiger partial charge in [0.05, 0.1) is 18.1 Å². The SMILES string of the molecule is CC(CCCO)NC(=O)N1CC(Oc2ccccc2Cl)C1. The van der Waals surface area contributed by atoms with E-state index in [1.54, 1.807) is 11.0 Å². The summed E-state index contributed by atoms with van der Waals surface area (Å²) in [6.07, 6.45) is 1.46. The number of urea groups is 1. The van der Waals surface area contributed by atoms with Crippen molar-refractivity contribution in [2.75, 3.05) is 19.7 Å². The molecule has 0 aromatic heterocycles. The Bertz CT molecular complexity index is 478. The molecule has 1 unspecified atom stereocenters. The second kappa shape index (κ2) is 7.52. The summed E-state index contributed by atoms with van der Waals surface area (Å²) in [5, 5.41) is 12.3. The summed E-state index contributed by atoms with van der Waals surface area (Å²) in [5.74, 6) is 0.653. The highest BCUT2D eigenvalue weighted by molar-refractivity contribution is 6.32. The van der Waals surface area contributed by atoms with Crippen LogP contribution in [0.15, 0.2) is 24.3 Å². The molecule has 2 amide bonds. The number of amides is 2. The van der Waals surface area contributed by atoms with Crippen LogP contribution in [0.1, 0.15) is 19.8 Å². The first-order valence-electron chi connectivity index (χ1n) is 7.17. The average molecular weight is 313 g/mol. The molecule has 0 bridgehead atoms. The molecular formula is C15H21ClN2O3. The van der Waals surface area contributed by atoms with Crippen LogP contribution in [0.5, 0.6) is 5.75 Å². The van der Waals surface area contributed by atoms with Gasteiger partial charge in [0.1, 0.15) is 11.9 Å². The molecule has 0 spiro atoms. The Morgan fingerprint density at radius 1 is 1.52 bits per heavy atom. The molecule has 1 saturated heterocycles. The molecule has 1 fully saturated rings. The summed E-state index contributed by atoms with van der Waals surface area (Å²) in [6, 6.07) is 7.30. The van der Waals surface area contributed by atoms with Gasteiger partial charge >= 0.3 is 6.03 Å². The minimum atomic E-state index is -0.0838. The van der Waals surface area contributed by atoms with E-state index in [1.807, 2.05) is 25.1 Å². The number of ether oxygens (including phenoxy) is 1. The number of hydrogen-bond acceptors (Lipinski definition) is 3. The number of para-hydroxylation sites is 1. The molecule has 21 heavy (non-hydrogen) atoms. The number of aliphatic hydroxyl groups excluding tert-OH is 1. The molecule has 0 radical (unpaired) electrons. The van der Waals surface area contributed by atoms with Crippen molar-refractivity contribution in [3.8, 4) is 5.75 Å². The van der Waals surface area contributed by atoms with Crippen molar-refractivity contribution in [3.63, 3.8) is 0 Å². The maximum atomic E-state index is 11.9. The molecule has 1 heterocycles. The topological polar surface area (TPSA) is 61.8 Å². The van der Waals surface area contributed by atoms with Gasteiger partial charge in [-0.3, -0.25) is 0 Å². The van der Waals surface area contributed by atoms with Crippen LogP contribution in [-0.2, 0) is 0 Å². The Balaban J connectivity index is 1.71. The number of carbonyl (C=O) groups excluding carboxylic acids is 1. The molecule has 5 nitrogen and oxygen atoms in total. The van der Waals surface area contributed by atoms with E-state index in [0.29, 0.717) is 30.3 Å². The number of hydrogen-bond donors (Lipinski definition) is 2. The summed E-state index contributed by atoms with van der Waals surface area (Å²) in [5.41, 5.74) is 0. The smallest absolute Gasteiger partial charge is 0.317 e. The number of benzene rings is 1. The lowest BCUT2D eigenvalue weighted by atomic mass is 10.1. The zero-order valence-corrected chi connectivity index (χ0v) is 12.8. The minimum Gasteiger partial charge on any atom is -0.485 e. The molecule has 1 atom stereocenters.